The van der Waals surface area contributed by atoms with Crippen molar-refractivity contribution in [2.24, 2.45) is 0 Å². The average molecular weight is 304 g/mol. The molecule has 0 aliphatic carbocycles. The Labute approximate surface area is 124 Å². The lowest BCUT2D eigenvalue weighted by atomic mass is 10.2. The minimum Gasteiger partial charge on any atom is -0.506 e. The molecule has 1 heterocycles. The molecule has 1 amide bonds. The molecule has 2 aromatic carbocycles. The van der Waals surface area contributed by atoms with Gasteiger partial charge in [-0.3, -0.25) is 4.79 Å². The molecule has 0 spiro atoms. The van der Waals surface area contributed by atoms with Crippen LogP contribution in [0.4, 0.5) is 5.69 Å². The number of anilines is 1. The first-order valence-electron chi connectivity index (χ1n) is 5.90. The van der Waals surface area contributed by atoms with Gasteiger partial charge in [-0.1, -0.05) is 11.6 Å². The van der Waals surface area contributed by atoms with Crippen molar-refractivity contribution in [2.75, 3.05) is 5.32 Å². The van der Waals surface area contributed by atoms with Crippen molar-refractivity contribution in [2.45, 2.75) is 0 Å². The van der Waals surface area contributed by atoms with Crippen LogP contribution in [0.5, 0.6) is 5.75 Å². The van der Waals surface area contributed by atoms with Crippen LogP contribution in [-0.2, 0) is 0 Å². The maximum Gasteiger partial charge on any atom is 0.255 e. The summed E-state index contributed by atoms with van der Waals surface area (Å²) in [7, 11) is 0. The summed E-state index contributed by atoms with van der Waals surface area (Å²) in [5.41, 5.74) is 1.13. The van der Waals surface area contributed by atoms with E-state index in [-0.39, 0.29) is 16.7 Å². The van der Waals surface area contributed by atoms with E-state index in [1.54, 1.807) is 11.3 Å². The molecular weight excluding hydrogens is 294 g/mol. The molecule has 3 nitrogen and oxygen atoms in total. The van der Waals surface area contributed by atoms with Gasteiger partial charge >= 0.3 is 0 Å². The van der Waals surface area contributed by atoms with Gasteiger partial charge in [-0.15, -0.1) is 11.3 Å². The number of carbonyl (C=O) groups is 1. The first-order valence-corrected chi connectivity index (χ1v) is 7.16. The van der Waals surface area contributed by atoms with E-state index >= 15 is 0 Å². The summed E-state index contributed by atoms with van der Waals surface area (Å²) >= 11 is 7.45. The van der Waals surface area contributed by atoms with Crippen molar-refractivity contribution < 1.29 is 9.90 Å². The molecule has 0 unspecified atom stereocenters. The van der Waals surface area contributed by atoms with Crippen LogP contribution in [0.25, 0.3) is 10.1 Å². The number of rotatable bonds is 2. The average Bonchev–Trinajstić information content (AvgIpc) is 2.89. The van der Waals surface area contributed by atoms with Gasteiger partial charge in [-0.05, 0) is 53.2 Å². The lowest BCUT2D eigenvalue weighted by Crippen LogP contribution is -2.11. The van der Waals surface area contributed by atoms with Crippen LogP contribution >= 0.6 is 22.9 Å². The lowest BCUT2D eigenvalue weighted by Gasteiger charge is -2.06. The molecule has 2 N–H and O–H groups in total. The number of thiophene rings is 1. The van der Waals surface area contributed by atoms with Crippen LogP contribution in [0.3, 0.4) is 0 Å². The first-order chi connectivity index (χ1) is 9.63. The molecule has 0 saturated heterocycles. The monoisotopic (exact) mass is 303 g/mol. The zero-order valence-corrected chi connectivity index (χ0v) is 11.8. The Morgan fingerprint density at radius 3 is 2.80 bits per heavy atom. The van der Waals surface area contributed by atoms with Gasteiger partial charge in [-0.25, -0.2) is 0 Å². The summed E-state index contributed by atoms with van der Waals surface area (Å²) < 4.78 is 1.18. The number of phenols is 1. The molecule has 0 aliphatic rings. The number of hydrogen-bond donors (Lipinski definition) is 2. The number of halogens is 1. The number of phenolic OH excluding ortho intramolecular Hbond substituents is 1. The normalized spacial score (nSPS) is 10.7. The van der Waals surface area contributed by atoms with Crippen molar-refractivity contribution in [3.8, 4) is 5.75 Å². The summed E-state index contributed by atoms with van der Waals surface area (Å²) in [6, 6.07) is 12.1. The van der Waals surface area contributed by atoms with Crippen molar-refractivity contribution in [1.29, 1.82) is 0 Å². The SMILES string of the molecule is O=C(Nc1ccc2sccc2c1)c1ccc(O)c(Cl)c1. The van der Waals surface area contributed by atoms with Gasteiger partial charge in [0.15, 0.2) is 0 Å². The standard InChI is InChI=1S/C15H10ClNO2S/c16-12-8-10(1-3-13(12)18)15(19)17-11-2-4-14-9(7-11)5-6-20-14/h1-8,18H,(H,17,19). The van der Waals surface area contributed by atoms with Gasteiger partial charge in [-0.2, -0.15) is 0 Å². The number of carbonyl (C=O) groups excluding carboxylic acids is 1. The quantitative estimate of drug-likeness (QED) is 0.731. The molecule has 0 aliphatic heterocycles. The van der Waals surface area contributed by atoms with Crippen molar-refractivity contribution in [3.05, 3.63) is 58.4 Å². The number of nitrogens with one attached hydrogen (secondary N) is 1. The molecule has 1 aromatic heterocycles. The molecule has 100 valence electrons. The van der Waals surface area contributed by atoms with Gasteiger partial charge < -0.3 is 10.4 Å². The summed E-state index contributed by atoms with van der Waals surface area (Å²) in [6.45, 7) is 0. The Morgan fingerprint density at radius 1 is 1.15 bits per heavy atom. The molecular formula is C15H10ClNO2S. The van der Waals surface area contributed by atoms with Gasteiger partial charge in [0.2, 0.25) is 0 Å². The second-order valence-electron chi connectivity index (χ2n) is 4.29. The van der Waals surface area contributed by atoms with Crippen LogP contribution in [0.1, 0.15) is 10.4 Å². The van der Waals surface area contributed by atoms with Gasteiger partial charge in [0.1, 0.15) is 5.75 Å². The van der Waals surface area contributed by atoms with Crippen LogP contribution in [0.15, 0.2) is 47.8 Å². The molecule has 0 bridgehead atoms. The molecule has 20 heavy (non-hydrogen) atoms. The minimum absolute atomic E-state index is 0.0390. The summed E-state index contributed by atoms with van der Waals surface area (Å²) in [5.74, 6) is -0.301. The van der Waals surface area contributed by atoms with Crippen LogP contribution in [0, 0.1) is 0 Å². The molecule has 0 saturated carbocycles. The van der Waals surface area contributed by atoms with E-state index in [0.717, 1.165) is 11.1 Å². The van der Waals surface area contributed by atoms with E-state index in [9.17, 15) is 9.90 Å². The third kappa shape index (κ3) is 2.48. The highest BCUT2D eigenvalue weighted by Crippen LogP contribution is 2.26. The summed E-state index contributed by atoms with van der Waals surface area (Å²) in [4.78, 5) is 12.1. The number of hydrogen-bond acceptors (Lipinski definition) is 3. The topological polar surface area (TPSA) is 49.3 Å². The van der Waals surface area contributed by atoms with E-state index < -0.39 is 0 Å². The first kappa shape index (κ1) is 13.0. The molecule has 0 fully saturated rings. The molecule has 0 atom stereocenters. The lowest BCUT2D eigenvalue weighted by molar-refractivity contribution is 0.102. The van der Waals surface area contributed by atoms with Gasteiger partial charge in [0.25, 0.3) is 5.91 Å². The maximum absolute atomic E-state index is 12.1. The smallest absolute Gasteiger partial charge is 0.255 e. The summed E-state index contributed by atoms with van der Waals surface area (Å²) in [5, 5.41) is 15.4. The van der Waals surface area contributed by atoms with Crippen molar-refractivity contribution in [3.63, 3.8) is 0 Å². The largest absolute Gasteiger partial charge is 0.506 e. The van der Waals surface area contributed by atoms with E-state index in [1.807, 2.05) is 29.6 Å². The Morgan fingerprint density at radius 2 is 2.00 bits per heavy atom. The second kappa shape index (κ2) is 5.15. The second-order valence-corrected chi connectivity index (χ2v) is 5.65. The van der Waals surface area contributed by atoms with Gasteiger partial charge in [0, 0.05) is 16.0 Å². The number of fused-ring (bicyclic) bond motifs is 1. The fourth-order valence-corrected chi connectivity index (χ4v) is 2.85. The third-order valence-corrected chi connectivity index (χ3v) is 4.12. The number of amides is 1. The minimum atomic E-state index is -0.263. The Balaban J connectivity index is 1.85. The van der Waals surface area contributed by atoms with Crippen molar-refractivity contribution >= 4 is 44.6 Å². The maximum atomic E-state index is 12.1. The van der Waals surface area contributed by atoms with Gasteiger partial charge in [0.05, 0.1) is 5.02 Å². The van der Waals surface area contributed by atoms with Crippen molar-refractivity contribution in [1.82, 2.24) is 0 Å². The predicted molar refractivity (Wildman–Crippen MR) is 82.9 cm³/mol. The summed E-state index contributed by atoms with van der Waals surface area (Å²) in [6.07, 6.45) is 0. The Bertz CT molecular complexity index is 797. The van der Waals surface area contributed by atoms with E-state index in [0.29, 0.717) is 5.56 Å². The Hall–Kier alpha value is -2.04. The zero-order chi connectivity index (χ0) is 14.1. The highest BCUT2D eigenvalue weighted by molar-refractivity contribution is 7.17. The fourth-order valence-electron chi connectivity index (χ4n) is 1.90. The third-order valence-electron chi connectivity index (χ3n) is 2.92. The highest BCUT2D eigenvalue weighted by Gasteiger charge is 2.09. The Kier molecular flexibility index (Phi) is 3.34. The number of benzene rings is 2. The van der Waals surface area contributed by atoms with Crippen LogP contribution < -0.4 is 5.32 Å². The highest BCUT2D eigenvalue weighted by atomic mass is 35.5. The van der Waals surface area contributed by atoms with E-state index in [4.69, 9.17) is 11.6 Å². The van der Waals surface area contributed by atoms with Crippen LogP contribution in [0.2, 0.25) is 5.02 Å². The molecule has 3 rings (SSSR count). The fraction of sp³-hybridized carbons (Fsp3) is 0. The zero-order valence-electron chi connectivity index (χ0n) is 10.3. The molecule has 0 radical (unpaired) electrons. The van der Waals surface area contributed by atoms with E-state index in [2.05, 4.69) is 5.32 Å². The van der Waals surface area contributed by atoms with Crippen LogP contribution in [-0.4, -0.2) is 11.0 Å². The number of aromatic hydroxyl groups is 1. The predicted octanol–water partition coefficient (Wildman–Crippen LogP) is 4.51. The molecule has 3 aromatic rings. The molecule has 5 heteroatoms. The van der Waals surface area contributed by atoms with E-state index in [1.165, 1.54) is 22.9 Å².